The van der Waals surface area contributed by atoms with E-state index in [1.54, 1.807) is 0 Å². The molecule has 2 unspecified atom stereocenters. The number of halogens is 2. The molecule has 122 valence electrons. The first-order chi connectivity index (χ1) is 11.6. The summed E-state index contributed by atoms with van der Waals surface area (Å²) in [4.78, 5) is 12.1. The topological polar surface area (TPSA) is 57.8 Å². The Morgan fingerprint density at radius 1 is 1.29 bits per heavy atom. The SMILES string of the molecule is CCC1Nc2cc(F)cc3c(=O)[nH]nc(c23)C1c1ccccc1Cl. The second-order valence-electron chi connectivity index (χ2n) is 5.97. The van der Waals surface area contributed by atoms with E-state index in [1.807, 2.05) is 24.3 Å². The minimum Gasteiger partial charge on any atom is -0.381 e. The van der Waals surface area contributed by atoms with Crippen LogP contribution in [0.25, 0.3) is 10.8 Å². The van der Waals surface area contributed by atoms with Crippen LogP contribution in [0.3, 0.4) is 0 Å². The molecule has 0 aliphatic carbocycles. The first kappa shape index (κ1) is 15.1. The van der Waals surface area contributed by atoms with Gasteiger partial charge < -0.3 is 5.32 Å². The number of hydrogen-bond donors (Lipinski definition) is 2. The molecule has 4 nitrogen and oxygen atoms in total. The van der Waals surface area contributed by atoms with E-state index in [0.29, 0.717) is 21.5 Å². The zero-order valence-electron chi connectivity index (χ0n) is 12.9. The molecule has 2 N–H and O–H groups in total. The number of anilines is 1. The Kier molecular flexibility index (Phi) is 3.53. The average Bonchev–Trinajstić information content (AvgIpc) is 2.57. The summed E-state index contributed by atoms with van der Waals surface area (Å²) in [7, 11) is 0. The molecule has 0 fully saturated rings. The predicted octanol–water partition coefficient (Wildman–Crippen LogP) is 4.05. The van der Waals surface area contributed by atoms with Crippen molar-refractivity contribution in [2.45, 2.75) is 25.3 Å². The quantitative estimate of drug-likeness (QED) is 0.738. The number of benzene rings is 2. The zero-order chi connectivity index (χ0) is 16.8. The monoisotopic (exact) mass is 343 g/mol. The summed E-state index contributed by atoms with van der Waals surface area (Å²) >= 11 is 6.41. The van der Waals surface area contributed by atoms with Gasteiger partial charge in [0.25, 0.3) is 5.56 Å². The fourth-order valence-corrected chi connectivity index (χ4v) is 3.78. The summed E-state index contributed by atoms with van der Waals surface area (Å²) in [5.74, 6) is -0.570. The van der Waals surface area contributed by atoms with Gasteiger partial charge in [-0.2, -0.15) is 5.10 Å². The molecule has 0 bridgehead atoms. The van der Waals surface area contributed by atoms with Crippen molar-refractivity contribution in [2.24, 2.45) is 0 Å². The fraction of sp³-hybridized carbons (Fsp3) is 0.222. The maximum Gasteiger partial charge on any atom is 0.272 e. The molecule has 4 rings (SSSR count). The van der Waals surface area contributed by atoms with E-state index in [4.69, 9.17) is 11.6 Å². The standard InChI is InChI=1S/C18H15ClFN3O/c1-2-13-15(10-5-3-4-6-12(10)19)17-16-11(18(24)23-22-17)7-9(20)8-14(16)21-13/h3-8,13,15,21H,2H2,1H3,(H,23,24). The lowest BCUT2D eigenvalue weighted by Crippen LogP contribution is -2.33. The summed E-state index contributed by atoms with van der Waals surface area (Å²) in [6.07, 6.45) is 0.800. The van der Waals surface area contributed by atoms with Crippen LogP contribution in [-0.2, 0) is 0 Å². The molecule has 0 amide bonds. The molecule has 2 heterocycles. The molecule has 1 aromatic heterocycles. The number of H-pyrrole nitrogens is 1. The van der Waals surface area contributed by atoms with Gasteiger partial charge in [-0.05, 0) is 30.2 Å². The number of hydrogen-bond acceptors (Lipinski definition) is 3. The second kappa shape index (κ2) is 5.60. The van der Waals surface area contributed by atoms with Crippen molar-refractivity contribution in [3.63, 3.8) is 0 Å². The molecule has 24 heavy (non-hydrogen) atoms. The lowest BCUT2D eigenvalue weighted by molar-refractivity contribution is 0.587. The maximum atomic E-state index is 13.9. The molecule has 3 aromatic rings. The fourth-order valence-electron chi connectivity index (χ4n) is 3.53. The number of rotatable bonds is 2. The molecule has 0 saturated heterocycles. The van der Waals surface area contributed by atoms with E-state index in [2.05, 4.69) is 22.4 Å². The van der Waals surface area contributed by atoms with E-state index in [9.17, 15) is 9.18 Å². The van der Waals surface area contributed by atoms with Gasteiger partial charge >= 0.3 is 0 Å². The van der Waals surface area contributed by atoms with Crippen molar-refractivity contribution in [2.75, 3.05) is 5.32 Å². The largest absolute Gasteiger partial charge is 0.381 e. The molecule has 1 aliphatic heterocycles. The Morgan fingerprint density at radius 2 is 2.08 bits per heavy atom. The van der Waals surface area contributed by atoms with Crippen LogP contribution in [0, 0.1) is 5.82 Å². The number of nitrogens with one attached hydrogen (secondary N) is 2. The number of aromatic nitrogens is 2. The van der Waals surface area contributed by atoms with Crippen LogP contribution in [0.1, 0.15) is 30.5 Å². The van der Waals surface area contributed by atoms with Gasteiger partial charge in [0.05, 0.1) is 17.0 Å². The van der Waals surface area contributed by atoms with Crippen LogP contribution >= 0.6 is 11.6 Å². The third kappa shape index (κ3) is 2.19. The van der Waals surface area contributed by atoms with Crippen molar-refractivity contribution >= 4 is 28.1 Å². The van der Waals surface area contributed by atoms with Gasteiger partial charge in [-0.3, -0.25) is 4.79 Å². The molecule has 6 heteroatoms. The smallest absolute Gasteiger partial charge is 0.272 e. The van der Waals surface area contributed by atoms with Gasteiger partial charge in [-0.25, -0.2) is 9.49 Å². The highest BCUT2D eigenvalue weighted by Crippen LogP contribution is 2.42. The van der Waals surface area contributed by atoms with Crippen LogP contribution in [0.2, 0.25) is 5.02 Å². The third-order valence-electron chi connectivity index (χ3n) is 4.60. The van der Waals surface area contributed by atoms with E-state index in [0.717, 1.165) is 17.7 Å². The molecule has 0 saturated carbocycles. The summed E-state index contributed by atoms with van der Waals surface area (Å²) in [6.45, 7) is 2.05. The molecular weight excluding hydrogens is 329 g/mol. The highest BCUT2D eigenvalue weighted by Gasteiger charge is 2.34. The van der Waals surface area contributed by atoms with Gasteiger partial charge in [0.1, 0.15) is 5.82 Å². The predicted molar refractivity (Wildman–Crippen MR) is 93.3 cm³/mol. The molecule has 2 atom stereocenters. The molecular formula is C18H15ClFN3O. The van der Waals surface area contributed by atoms with Crippen LogP contribution in [0.15, 0.2) is 41.2 Å². The van der Waals surface area contributed by atoms with Crippen LogP contribution in [0.4, 0.5) is 10.1 Å². The Labute approximate surface area is 142 Å². The summed E-state index contributed by atoms with van der Waals surface area (Å²) < 4.78 is 13.9. The van der Waals surface area contributed by atoms with Crippen molar-refractivity contribution in [1.29, 1.82) is 0 Å². The molecule has 2 aromatic carbocycles. The highest BCUT2D eigenvalue weighted by atomic mass is 35.5. The summed E-state index contributed by atoms with van der Waals surface area (Å²) in [5, 5.41) is 11.8. The zero-order valence-corrected chi connectivity index (χ0v) is 13.7. The minimum atomic E-state index is -0.446. The van der Waals surface area contributed by atoms with Gasteiger partial charge in [0.15, 0.2) is 0 Å². The van der Waals surface area contributed by atoms with Crippen molar-refractivity contribution in [3.8, 4) is 0 Å². The van der Waals surface area contributed by atoms with Crippen molar-refractivity contribution in [1.82, 2.24) is 10.2 Å². The summed E-state index contributed by atoms with van der Waals surface area (Å²) in [6, 6.07) is 10.3. The Balaban J connectivity index is 2.07. The second-order valence-corrected chi connectivity index (χ2v) is 6.38. The first-order valence-corrected chi connectivity index (χ1v) is 8.20. The third-order valence-corrected chi connectivity index (χ3v) is 4.94. The van der Waals surface area contributed by atoms with E-state index in [1.165, 1.54) is 12.1 Å². The molecule has 1 aliphatic rings. The van der Waals surface area contributed by atoms with Crippen LogP contribution in [0.5, 0.6) is 0 Å². The van der Waals surface area contributed by atoms with Crippen molar-refractivity contribution in [3.05, 3.63) is 68.8 Å². The molecule has 0 spiro atoms. The summed E-state index contributed by atoms with van der Waals surface area (Å²) in [5.41, 5.74) is 1.87. The highest BCUT2D eigenvalue weighted by molar-refractivity contribution is 6.31. The first-order valence-electron chi connectivity index (χ1n) is 7.83. The number of aromatic amines is 1. The Morgan fingerprint density at radius 3 is 2.83 bits per heavy atom. The van der Waals surface area contributed by atoms with Gasteiger partial charge in [-0.15, -0.1) is 0 Å². The molecule has 0 radical (unpaired) electrons. The van der Waals surface area contributed by atoms with E-state index >= 15 is 0 Å². The Bertz CT molecular complexity index is 1000. The van der Waals surface area contributed by atoms with Gasteiger partial charge in [0, 0.05) is 22.1 Å². The van der Waals surface area contributed by atoms with E-state index < -0.39 is 11.4 Å². The normalized spacial score (nSPS) is 19.3. The number of nitrogens with zero attached hydrogens (tertiary/aromatic N) is 1. The van der Waals surface area contributed by atoms with Crippen LogP contribution in [-0.4, -0.2) is 16.2 Å². The lowest BCUT2D eigenvalue weighted by atomic mass is 9.82. The van der Waals surface area contributed by atoms with Crippen molar-refractivity contribution < 1.29 is 4.39 Å². The average molecular weight is 344 g/mol. The minimum absolute atomic E-state index is 0.000743. The van der Waals surface area contributed by atoms with Gasteiger partial charge in [-0.1, -0.05) is 36.7 Å². The van der Waals surface area contributed by atoms with Crippen LogP contribution < -0.4 is 10.9 Å². The van der Waals surface area contributed by atoms with Gasteiger partial charge in [0.2, 0.25) is 0 Å². The maximum absolute atomic E-state index is 13.9. The Hall–Kier alpha value is -2.40. The lowest BCUT2D eigenvalue weighted by Gasteiger charge is -2.34. The van der Waals surface area contributed by atoms with E-state index in [-0.39, 0.29) is 12.0 Å².